The van der Waals surface area contributed by atoms with E-state index in [2.05, 4.69) is 19.2 Å². The van der Waals surface area contributed by atoms with E-state index in [4.69, 9.17) is 0 Å². The van der Waals surface area contributed by atoms with Gasteiger partial charge in [0, 0.05) is 16.7 Å². The first kappa shape index (κ1) is 14.5. The maximum absolute atomic E-state index is 13.0. The van der Waals surface area contributed by atoms with Crippen molar-refractivity contribution in [2.45, 2.75) is 43.3 Å². The Bertz CT molecular complexity index is 317. The van der Waals surface area contributed by atoms with E-state index in [1.165, 1.54) is 25.3 Å². The average Bonchev–Trinajstić information content (AvgIpc) is 2.29. The van der Waals surface area contributed by atoms with Crippen molar-refractivity contribution in [2.24, 2.45) is 0 Å². The summed E-state index contributed by atoms with van der Waals surface area (Å²) in [5.74, 6) is -0.155. The van der Waals surface area contributed by atoms with Crippen LogP contribution in [0.5, 0.6) is 0 Å². The number of hydrogen-bond acceptors (Lipinski definition) is 2. The summed E-state index contributed by atoms with van der Waals surface area (Å²) in [6, 6.07) is 6.80. The number of benzene rings is 1. The second kappa shape index (κ2) is 8.54. The molecule has 1 atom stereocenters. The number of unbranched alkanes of at least 4 members (excludes halogenated alkanes) is 2. The Morgan fingerprint density at radius 1 is 1.35 bits per heavy atom. The Balaban J connectivity index is 2.18. The monoisotopic (exact) mass is 255 g/mol. The van der Waals surface area contributed by atoms with Crippen LogP contribution >= 0.6 is 11.8 Å². The van der Waals surface area contributed by atoms with Crippen LogP contribution in [-0.4, -0.2) is 18.3 Å². The molecule has 0 heterocycles. The second-order valence-corrected chi connectivity index (χ2v) is 5.81. The summed E-state index contributed by atoms with van der Waals surface area (Å²) in [6.07, 6.45) is 3.79. The lowest BCUT2D eigenvalue weighted by molar-refractivity contribution is 0.615. The van der Waals surface area contributed by atoms with Gasteiger partial charge in [-0.05, 0) is 31.2 Å². The SMILES string of the molecule is CCCCCNCC(C)Sc1cccc(F)c1. The quantitative estimate of drug-likeness (QED) is 0.555. The van der Waals surface area contributed by atoms with Crippen molar-refractivity contribution in [1.29, 1.82) is 0 Å². The Labute approximate surface area is 108 Å². The summed E-state index contributed by atoms with van der Waals surface area (Å²) < 4.78 is 13.0. The molecule has 0 amide bonds. The van der Waals surface area contributed by atoms with Gasteiger partial charge in [0.25, 0.3) is 0 Å². The van der Waals surface area contributed by atoms with Gasteiger partial charge < -0.3 is 5.32 Å². The topological polar surface area (TPSA) is 12.0 Å². The molecule has 1 rings (SSSR count). The minimum Gasteiger partial charge on any atom is -0.316 e. The van der Waals surface area contributed by atoms with Gasteiger partial charge in [-0.25, -0.2) is 4.39 Å². The Morgan fingerprint density at radius 2 is 2.18 bits per heavy atom. The molecule has 0 spiro atoms. The summed E-state index contributed by atoms with van der Waals surface area (Å²) in [7, 11) is 0. The fourth-order valence-corrected chi connectivity index (χ4v) is 2.62. The van der Waals surface area contributed by atoms with Gasteiger partial charge in [-0.1, -0.05) is 32.8 Å². The van der Waals surface area contributed by atoms with Crippen LogP contribution in [0.1, 0.15) is 33.1 Å². The number of rotatable bonds is 8. The standard InChI is InChI=1S/C14H22FNS/c1-3-4-5-9-16-11-12(2)17-14-8-6-7-13(15)10-14/h6-8,10,12,16H,3-5,9,11H2,1-2H3. The lowest BCUT2D eigenvalue weighted by Crippen LogP contribution is -2.23. The van der Waals surface area contributed by atoms with Gasteiger partial charge in [0.2, 0.25) is 0 Å². The Hall–Kier alpha value is -0.540. The average molecular weight is 255 g/mol. The predicted molar refractivity (Wildman–Crippen MR) is 74.1 cm³/mol. The third-order valence-corrected chi connectivity index (χ3v) is 3.62. The maximum Gasteiger partial charge on any atom is 0.124 e. The number of halogens is 1. The molecule has 1 N–H and O–H groups in total. The van der Waals surface area contributed by atoms with E-state index in [1.807, 2.05) is 6.07 Å². The molecule has 0 fully saturated rings. The van der Waals surface area contributed by atoms with E-state index in [1.54, 1.807) is 23.9 Å². The normalized spacial score (nSPS) is 12.6. The number of hydrogen-bond donors (Lipinski definition) is 1. The molecule has 0 saturated heterocycles. The summed E-state index contributed by atoms with van der Waals surface area (Å²) >= 11 is 1.72. The summed E-state index contributed by atoms with van der Waals surface area (Å²) in [5, 5.41) is 3.91. The van der Waals surface area contributed by atoms with Gasteiger partial charge >= 0.3 is 0 Å². The highest BCUT2D eigenvalue weighted by atomic mass is 32.2. The molecule has 0 aliphatic rings. The first-order valence-electron chi connectivity index (χ1n) is 6.35. The molecule has 0 aliphatic heterocycles. The van der Waals surface area contributed by atoms with Gasteiger partial charge in [0.1, 0.15) is 5.82 Å². The zero-order valence-corrected chi connectivity index (χ0v) is 11.5. The zero-order chi connectivity index (χ0) is 12.5. The van der Waals surface area contributed by atoms with E-state index in [0.29, 0.717) is 5.25 Å². The van der Waals surface area contributed by atoms with Crippen molar-refractivity contribution in [3.8, 4) is 0 Å². The van der Waals surface area contributed by atoms with Crippen LogP contribution in [0.15, 0.2) is 29.2 Å². The van der Waals surface area contributed by atoms with Gasteiger partial charge in [0.15, 0.2) is 0 Å². The van der Waals surface area contributed by atoms with E-state index in [-0.39, 0.29) is 5.82 Å². The van der Waals surface area contributed by atoms with Crippen LogP contribution < -0.4 is 5.32 Å². The van der Waals surface area contributed by atoms with E-state index in [0.717, 1.165) is 18.0 Å². The van der Waals surface area contributed by atoms with E-state index in [9.17, 15) is 4.39 Å². The smallest absolute Gasteiger partial charge is 0.124 e. The highest BCUT2D eigenvalue weighted by molar-refractivity contribution is 8.00. The Morgan fingerprint density at radius 3 is 2.88 bits per heavy atom. The minimum atomic E-state index is -0.155. The van der Waals surface area contributed by atoms with Crippen LogP contribution in [-0.2, 0) is 0 Å². The first-order chi connectivity index (χ1) is 8.22. The molecule has 0 bridgehead atoms. The number of thioether (sulfide) groups is 1. The molecular weight excluding hydrogens is 233 g/mol. The van der Waals surface area contributed by atoms with Crippen molar-refractivity contribution in [2.75, 3.05) is 13.1 Å². The van der Waals surface area contributed by atoms with Crippen molar-refractivity contribution in [3.63, 3.8) is 0 Å². The van der Waals surface area contributed by atoms with Crippen molar-refractivity contribution in [3.05, 3.63) is 30.1 Å². The molecule has 17 heavy (non-hydrogen) atoms. The van der Waals surface area contributed by atoms with E-state index >= 15 is 0 Å². The van der Waals surface area contributed by atoms with Crippen LogP contribution in [0.4, 0.5) is 4.39 Å². The number of nitrogens with one attached hydrogen (secondary N) is 1. The predicted octanol–water partition coefficient (Wildman–Crippen LogP) is 4.09. The molecule has 0 aliphatic carbocycles. The third kappa shape index (κ3) is 6.69. The second-order valence-electron chi connectivity index (χ2n) is 4.30. The molecule has 1 unspecified atom stereocenters. The molecule has 1 aromatic rings. The van der Waals surface area contributed by atoms with E-state index < -0.39 is 0 Å². The molecular formula is C14H22FNS. The zero-order valence-electron chi connectivity index (χ0n) is 10.7. The van der Waals surface area contributed by atoms with Gasteiger partial charge in [-0.3, -0.25) is 0 Å². The third-order valence-electron chi connectivity index (χ3n) is 2.52. The largest absolute Gasteiger partial charge is 0.316 e. The molecule has 0 saturated carbocycles. The molecule has 0 aromatic heterocycles. The molecule has 0 radical (unpaired) electrons. The van der Waals surface area contributed by atoms with Crippen molar-refractivity contribution < 1.29 is 4.39 Å². The highest BCUT2D eigenvalue weighted by Crippen LogP contribution is 2.23. The fraction of sp³-hybridized carbons (Fsp3) is 0.571. The summed E-state index contributed by atoms with van der Waals surface area (Å²) in [5.41, 5.74) is 0. The van der Waals surface area contributed by atoms with Crippen LogP contribution in [0.3, 0.4) is 0 Å². The summed E-state index contributed by atoms with van der Waals surface area (Å²) in [6.45, 7) is 6.44. The summed E-state index contributed by atoms with van der Waals surface area (Å²) in [4.78, 5) is 1.01. The lowest BCUT2D eigenvalue weighted by Gasteiger charge is -2.12. The van der Waals surface area contributed by atoms with Crippen LogP contribution in [0, 0.1) is 5.82 Å². The molecule has 96 valence electrons. The Kier molecular flexibility index (Phi) is 7.29. The molecule has 3 heteroatoms. The molecule has 1 aromatic carbocycles. The lowest BCUT2D eigenvalue weighted by atomic mass is 10.2. The fourth-order valence-electron chi connectivity index (χ4n) is 1.62. The van der Waals surface area contributed by atoms with Crippen LogP contribution in [0.2, 0.25) is 0 Å². The van der Waals surface area contributed by atoms with Gasteiger partial charge in [-0.15, -0.1) is 11.8 Å². The molecule has 1 nitrogen and oxygen atoms in total. The first-order valence-corrected chi connectivity index (χ1v) is 7.23. The minimum absolute atomic E-state index is 0.155. The van der Waals surface area contributed by atoms with Gasteiger partial charge in [-0.2, -0.15) is 0 Å². The van der Waals surface area contributed by atoms with Crippen molar-refractivity contribution >= 4 is 11.8 Å². The highest BCUT2D eigenvalue weighted by Gasteiger charge is 2.04. The maximum atomic E-state index is 13.0. The van der Waals surface area contributed by atoms with Crippen LogP contribution in [0.25, 0.3) is 0 Å². The van der Waals surface area contributed by atoms with Gasteiger partial charge in [0.05, 0.1) is 0 Å². The van der Waals surface area contributed by atoms with Crippen molar-refractivity contribution in [1.82, 2.24) is 5.32 Å².